The Morgan fingerprint density at radius 1 is 1.64 bits per heavy atom. The number of rotatable bonds is 3. The predicted molar refractivity (Wildman–Crippen MR) is 54.8 cm³/mol. The Kier molecular flexibility index (Phi) is 0.801. The third-order valence-corrected chi connectivity index (χ3v) is 1.59. The first kappa shape index (κ1) is 2.89. The van der Waals surface area contributed by atoms with E-state index in [0.717, 1.165) is 0 Å². The Bertz CT molecular complexity index is 682. The van der Waals surface area contributed by atoms with E-state index in [-0.39, 0.29) is 18.3 Å². The van der Waals surface area contributed by atoms with Gasteiger partial charge in [0.05, 0.1) is 4.11 Å². The molecule has 2 rings (SSSR count). The van der Waals surface area contributed by atoms with Gasteiger partial charge in [0.2, 0.25) is 6.79 Å². The second-order valence-corrected chi connectivity index (χ2v) is 2.54. The minimum absolute atomic E-state index is 0.205. The van der Waals surface area contributed by atoms with Gasteiger partial charge in [-0.3, -0.25) is 0 Å². The van der Waals surface area contributed by atoms with Crippen LogP contribution in [0.3, 0.4) is 0 Å². The summed E-state index contributed by atoms with van der Waals surface area (Å²) < 4.78 is 94.2. The number of ether oxygens (including phenoxy) is 2. The van der Waals surface area contributed by atoms with Crippen LogP contribution in [-0.4, -0.2) is 19.8 Å². The van der Waals surface area contributed by atoms with E-state index in [1.165, 1.54) is 0 Å². The van der Waals surface area contributed by atoms with Crippen LogP contribution in [0.4, 0.5) is 0 Å². The van der Waals surface area contributed by atoms with Crippen molar-refractivity contribution in [2.24, 2.45) is 0 Å². The van der Waals surface area contributed by atoms with Gasteiger partial charge in [-0.15, -0.1) is 0 Å². The van der Waals surface area contributed by atoms with Crippen molar-refractivity contribution in [3.05, 3.63) is 23.7 Å². The Hall–Kier alpha value is -1.22. The van der Waals surface area contributed by atoms with Gasteiger partial charge in [0.15, 0.2) is 11.5 Å². The highest BCUT2D eigenvalue weighted by atomic mass is 16.7. The van der Waals surface area contributed by atoms with Gasteiger partial charge < -0.3 is 14.8 Å². The summed E-state index contributed by atoms with van der Waals surface area (Å²) >= 11 is 0. The number of fused-ring (bicyclic) bond motifs is 1. The van der Waals surface area contributed by atoms with Gasteiger partial charge in [-0.2, -0.15) is 0 Å². The molecule has 76 valence electrons. The average molecular weight is 204 g/mol. The van der Waals surface area contributed by atoms with Crippen LogP contribution in [0.1, 0.15) is 27.5 Å². The Morgan fingerprint density at radius 2 is 2.57 bits per heavy atom. The summed E-state index contributed by atoms with van der Waals surface area (Å²) in [5.41, 5.74) is -0.750. The molecule has 3 nitrogen and oxygen atoms in total. The number of likely N-dealkylation sites (N-methyl/N-ethyl adjacent to an activating group) is 1. The minimum Gasteiger partial charge on any atom is -0.454 e. The van der Waals surface area contributed by atoms with Gasteiger partial charge in [0.25, 0.3) is 0 Å². The van der Waals surface area contributed by atoms with Crippen LogP contribution in [0.15, 0.2) is 18.1 Å². The van der Waals surface area contributed by atoms with E-state index in [4.69, 9.17) is 24.6 Å². The average Bonchev–Trinajstić information content (AvgIpc) is 2.90. The largest absolute Gasteiger partial charge is 0.454 e. The van der Waals surface area contributed by atoms with Gasteiger partial charge in [0.1, 0.15) is 0 Å². The van der Waals surface area contributed by atoms with Crippen LogP contribution in [-0.2, 0) is 6.37 Å². The molecule has 1 unspecified atom stereocenters. The fourth-order valence-electron chi connectivity index (χ4n) is 0.981. The van der Waals surface area contributed by atoms with Crippen molar-refractivity contribution < 1.29 is 24.6 Å². The molecule has 0 spiro atoms. The lowest BCUT2D eigenvalue weighted by molar-refractivity contribution is 0.174. The Balaban J connectivity index is 2.67. The SMILES string of the molecule is [2H]c1c([2H])c(C([2H])([2H])C(NC([2H])([2H])[2H])C([2H])([2H])[2H])c([2H])c2c1OCO2. The monoisotopic (exact) mass is 204 g/mol. The maximum absolute atomic E-state index is 8.18. The molecule has 0 radical (unpaired) electrons. The molecule has 1 aliphatic heterocycles. The molecular formula is C11H15NO2. The molecule has 0 amide bonds. The van der Waals surface area contributed by atoms with Gasteiger partial charge in [0, 0.05) is 17.0 Å². The lowest BCUT2D eigenvalue weighted by Gasteiger charge is -2.09. The lowest BCUT2D eigenvalue weighted by Crippen LogP contribution is -2.23. The molecule has 0 bridgehead atoms. The van der Waals surface area contributed by atoms with Crippen LogP contribution in [0.2, 0.25) is 0 Å². The highest BCUT2D eigenvalue weighted by Crippen LogP contribution is 2.32. The van der Waals surface area contributed by atoms with Crippen molar-refractivity contribution in [1.82, 2.24) is 5.32 Å². The zero-order chi connectivity index (χ0) is 19.4. The second kappa shape index (κ2) is 3.88. The van der Waals surface area contributed by atoms with Crippen LogP contribution in [0.25, 0.3) is 0 Å². The summed E-state index contributed by atoms with van der Waals surface area (Å²) in [6.07, 6.45) is -2.98. The molecule has 1 atom stereocenters. The third-order valence-electron chi connectivity index (χ3n) is 1.59. The topological polar surface area (TPSA) is 30.5 Å². The van der Waals surface area contributed by atoms with Crippen molar-refractivity contribution in [3.63, 3.8) is 0 Å². The van der Waals surface area contributed by atoms with Crippen LogP contribution in [0, 0.1) is 0 Å². The predicted octanol–water partition coefficient (Wildman–Crippen LogP) is 1.57. The van der Waals surface area contributed by atoms with Gasteiger partial charge in [-0.25, -0.2) is 0 Å². The van der Waals surface area contributed by atoms with Crippen molar-refractivity contribution in [2.45, 2.75) is 19.3 Å². The van der Waals surface area contributed by atoms with E-state index < -0.39 is 49.9 Å². The quantitative estimate of drug-likeness (QED) is 0.810. The molecule has 0 aliphatic carbocycles. The molecule has 0 saturated carbocycles. The van der Waals surface area contributed by atoms with Crippen molar-refractivity contribution in [1.29, 1.82) is 0 Å². The first-order valence-corrected chi connectivity index (χ1v) is 3.85. The first-order valence-electron chi connectivity index (χ1n) is 9.35. The first-order chi connectivity index (χ1) is 11.2. The summed E-state index contributed by atoms with van der Waals surface area (Å²) in [6, 6.07) is -4.23. The molecule has 3 heteroatoms. The fraction of sp³-hybridized carbons (Fsp3) is 0.455. The normalized spacial score (nSPS) is 29.9. The highest BCUT2D eigenvalue weighted by Gasteiger charge is 2.13. The Morgan fingerprint density at radius 3 is 3.43 bits per heavy atom. The number of hydrogen-bond donors (Lipinski definition) is 1. The molecular weight excluding hydrogens is 178 g/mol. The zero-order valence-electron chi connectivity index (χ0n) is 18.1. The summed E-state index contributed by atoms with van der Waals surface area (Å²) in [5, 5.41) is 1.74. The Labute approximate surface area is 99.5 Å². The number of nitrogens with one attached hydrogen (secondary N) is 1. The van der Waals surface area contributed by atoms with E-state index in [2.05, 4.69) is 0 Å². The molecule has 1 aromatic carbocycles. The minimum atomic E-state index is -3.10. The zero-order valence-corrected chi connectivity index (χ0v) is 7.10. The second-order valence-electron chi connectivity index (χ2n) is 2.54. The van der Waals surface area contributed by atoms with Crippen molar-refractivity contribution >= 4 is 0 Å². The van der Waals surface area contributed by atoms with Crippen molar-refractivity contribution in [3.8, 4) is 11.5 Å². The molecule has 14 heavy (non-hydrogen) atoms. The van der Waals surface area contributed by atoms with Crippen LogP contribution >= 0.6 is 0 Å². The molecule has 1 aliphatic rings. The fourth-order valence-corrected chi connectivity index (χ4v) is 0.981. The number of benzene rings is 1. The van der Waals surface area contributed by atoms with E-state index in [1.54, 1.807) is 5.32 Å². The summed E-state index contributed by atoms with van der Waals surface area (Å²) in [5.74, 6) is -0.484. The molecule has 0 saturated heterocycles. The van der Waals surface area contributed by atoms with E-state index in [1.807, 2.05) is 0 Å². The molecule has 1 heterocycles. The molecule has 1 N–H and O–H groups in total. The number of hydrogen-bond acceptors (Lipinski definition) is 3. The maximum Gasteiger partial charge on any atom is 0.231 e. The smallest absolute Gasteiger partial charge is 0.231 e. The summed E-state index contributed by atoms with van der Waals surface area (Å²) in [6.45, 7) is -6.40. The maximum atomic E-state index is 8.18. The van der Waals surface area contributed by atoms with Gasteiger partial charge >= 0.3 is 0 Å². The van der Waals surface area contributed by atoms with E-state index in [0.29, 0.717) is 0 Å². The molecule has 0 aromatic heterocycles. The van der Waals surface area contributed by atoms with E-state index >= 15 is 0 Å². The van der Waals surface area contributed by atoms with Crippen LogP contribution in [0.5, 0.6) is 11.5 Å². The molecule has 1 aromatic rings. The third kappa shape index (κ3) is 1.82. The summed E-state index contributed by atoms with van der Waals surface area (Å²) in [7, 11) is 0. The highest BCUT2D eigenvalue weighted by molar-refractivity contribution is 5.44. The standard InChI is InChI=1S/C11H15NO2/c1-8(12-2)5-9-3-4-10-11(6-9)14-7-13-10/h3-4,6,8,12H,5,7H2,1-2H3/i1D3,2D3,3D,4D,5D2,6D. The van der Waals surface area contributed by atoms with Crippen molar-refractivity contribution in [2.75, 3.05) is 13.8 Å². The van der Waals surface area contributed by atoms with Gasteiger partial charge in [-0.1, -0.05) is 6.04 Å². The molecule has 0 fully saturated rings. The van der Waals surface area contributed by atoms with Crippen LogP contribution < -0.4 is 14.8 Å². The summed E-state index contributed by atoms with van der Waals surface area (Å²) in [4.78, 5) is 0. The lowest BCUT2D eigenvalue weighted by atomic mass is 10.1. The van der Waals surface area contributed by atoms with E-state index in [9.17, 15) is 0 Å². The van der Waals surface area contributed by atoms with Gasteiger partial charge in [-0.05, 0) is 37.8 Å².